The fourth-order valence-corrected chi connectivity index (χ4v) is 5.04. The molecule has 0 saturated carbocycles. The maximum atomic E-state index is 11.6. The number of aryl methyl sites for hydroxylation is 2. The van der Waals surface area contributed by atoms with E-state index in [0.717, 1.165) is 25.9 Å². The van der Waals surface area contributed by atoms with Crippen molar-refractivity contribution < 1.29 is 14.3 Å². The van der Waals surface area contributed by atoms with Crippen LogP contribution in [0.2, 0.25) is 0 Å². The average Bonchev–Trinajstić information content (AvgIpc) is 2.78. The van der Waals surface area contributed by atoms with Gasteiger partial charge >= 0.3 is 0 Å². The molecule has 6 nitrogen and oxygen atoms in total. The number of nitrogens with one attached hydrogen (secondary N) is 1. The van der Waals surface area contributed by atoms with Crippen LogP contribution in [0.3, 0.4) is 0 Å². The second-order valence-electron chi connectivity index (χ2n) is 8.79. The largest absolute Gasteiger partial charge is 0.493 e. The third-order valence-electron chi connectivity index (χ3n) is 6.81. The lowest BCUT2D eigenvalue weighted by Crippen LogP contribution is -2.49. The lowest BCUT2D eigenvalue weighted by molar-refractivity contribution is -0.122. The van der Waals surface area contributed by atoms with Gasteiger partial charge in [-0.2, -0.15) is 0 Å². The van der Waals surface area contributed by atoms with E-state index in [0.29, 0.717) is 17.4 Å². The maximum absolute atomic E-state index is 11.6. The Hall–Kier alpha value is -2.28. The van der Waals surface area contributed by atoms with E-state index >= 15 is 0 Å². The number of halogens is 1. The van der Waals surface area contributed by atoms with Crippen molar-refractivity contribution in [2.75, 3.05) is 33.9 Å². The van der Waals surface area contributed by atoms with Crippen LogP contribution in [0.1, 0.15) is 46.2 Å². The molecule has 2 aromatic carbocycles. The number of ether oxygens (including phenoxy) is 2. The number of methoxy groups -OCH3 is 1. The van der Waals surface area contributed by atoms with Gasteiger partial charge in [-0.3, -0.25) is 9.69 Å². The standard InChI is InChI=1S/C25H33N3O3.ClH/c1-15-5-6-16(2)18(9-15)20-13-28-8-7-17-10-24(31-14-25(29)27-3)23(30-4)11-19(17)22(28)12-21(20)26;/h5-6,9-11,20-22H,7-8,12-14,26H2,1-4H3,(H,27,29);1H. The van der Waals surface area contributed by atoms with Gasteiger partial charge in [-0.05, 0) is 61.1 Å². The Morgan fingerprint density at radius 3 is 2.69 bits per heavy atom. The Morgan fingerprint density at radius 2 is 1.97 bits per heavy atom. The van der Waals surface area contributed by atoms with Gasteiger partial charge in [0.15, 0.2) is 18.1 Å². The van der Waals surface area contributed by atoms with E-state index in [2.05, 4.69) is 48.3 Å². The third-order valence-corrected chi connectivity index (χ3v) is 6.81. The summed E-state index contributed by atoms with van der Waals surface area (Å²) in [5.74, 6) is 1.46. The quantitative estimate of drug-likeness (QED) is 0.717. The highest BCUT2D eigenvalue weighted by Gasteiger charge is 2.39. The third kappa shape index (κ3) is 4.72. The molecule has 2 heterocycles. The number of piperidine rings is 1. The van der Waals surface area contributed by atoms with Crippen LogP contribution in [-0.2, 0) is 11.2 Å². The number of carbonyl (C=O) groups excluding carboxylic acids is 1. The van der Waals surface area contributed by atoms with Crippen LogP contribution in [0.15, 0.2) is 30.3 Å². The molecule has 0 aromatic heterocycles. The Balaban J connectivity index is 0.00000289. The monoisotopic (exact) mass is 459 g/mol. The highest BCUT2D eigenvalue weighted by molar-refractivity contribution is 5.85. The van der Waals surface area contributed by atoms with Gasteiger partial charge in [0, 0.05) is 38.1 Å². The molecule has 32 heavy (non-hydrogen) atoms. The summed E-state index contributed by atoms with van der Waals surface area (Å²) in [7, 11) is 3.24. The van der Waals surface area contributed by atoms with Gasteiger partial charge in [0.2, 0.25) is 0 Å². The van der Waals surface area contributed by atoms with Gasteiger partial charge in [-0.15, -0.1) is 12.4 Å². The van der Waals surface area contributed by atoms with Crippen LogP contribution < -0.4 is 20.5 Å². The number of hydrogen-bond donors (Lipinski definition) is 2. The molecule has 0 aliphatic carbocycles. The van der Waals surface area contributed by atoms with Crippen molar-refractivity contribution in [3.05, 3.63) is 58.1 Å². The van der Waals surface area contributed by atoms with Crippen molar-refractivity contribution in [2.24, 2.45) is 5.73 Å². The number of likely N-dealkylation sites (N-methyl/N-ethyl adjacent to an activating group) is 1. The Morgan fingerprint density at radius 1 is 1.19 bits per heavy atom. The van der Waals surface area contributed by atoms with E-state index in [1.807, 2.05) is 6.07 Å². The first-order chi connectivity index (χ1) is 14.9. The number of nitrogens with two attached hydrogens (primary N) is 1. The van der Waals surface area contributed by atoms with Gasteiger partial charge in [-0.1, -0.05) is 23.8 Å². The van der Waals surface area contributed by atoms with Crippen LogP contribution >= 0.6 is 12.4 Å². The van der Waals surface area contributed by atoms with Crippen molar-refractivity contribution in [3.8, 4) is 11.5 Å². The predicted molar refractivity (Wildman–Crippen MR) is 129 cm³/mol. The van der Waals surface area contributed by atoms with Crippen LogP contribution in [0.25, 0.3) is 0 Å². The minimum atomic E-state index is -0.165. The highest BCUT2D eigenvalue weighted by Crippen LogP contribution is 2.44. The number of benzene rings is 2. The van der Waals surface area contributed by atoms with Crippen molar-refractivity contribution in [3.63, 3.8) is 0 Å². The SMILES string of the molecule is CNC(=O)COc1cc2c(cc1OC)C1CC(N)C(c3cc(C)ccc3C)CN1CC2.Cl. The zero-order chi connectivity index (χ0) is 22.1. The number of amides is 1. The number of carbonyl (C=O) groups is 1. The molecule has 0 radical (unpaired) electrons. The summed E-state index contributed by atoms with van der Waals surface area (Å²) < 4.78 is 11.3. The molecule has 174 valence electrons. The van der Waals surface area contributed by atoms with Crippen LogP contribution in [0.5, 0.6) is 11.5 Å². The zero-order valence-electron chi connectivity index (χ0n) is 19.3. The average molecular weight is 460 g/mol. The lowest BCUT2D eigenvalue weighted by Gasteiger charge is -2.46. The molecule has 1 fully saturated rings. The van der Waals surface area contributed by atoms with Gasteiger partial charge in [0.25, 0.3) is 5.91 Å². The van der Waals surface area contributed by atoms with Crippen molar-refractivity contribution >= 4 is 18.3 Å². The van der Waals surface area contributed by atoms with Crippen LogP contribution in [-0.4, -0.2) is 50.7 Å². The summed E-state index contributed by atoms with van der Waals surface area (Å²) in [4.78, 5) is 14.2. The van der Waals surface area contributed by atoms with Gasteiger partial charge < -0.3 is 20.5 Å². The first kappa shape index (κ1) is 24.4. The maximum Gasteiger partial charge on any atom is 0.257 e. The smallest absolute Gasteiger partial charge is 0.257 e. The van der Waals surface area contributed by atoms with Gasteiger partial charge in [0.1, 0.15) is 0 Å². The lowest BCUT2D eigenvalue weighted by atomic mass is 9.77. The number of nitrogens with zero attached hydrogens (tertiary/aromatic N) is 1. The van der Waals surface area contributed by atoms with Crippen LogP contribution in [0, 0.1) is 13.8 Å². The molecule has 7 heteroatoms. The minimum absolute atomic E-state index is 0. The van der Waals surface area contributed by atoms with E-state index in [-0.39, 0.29) is 37.0 Å². The van der Waals surface area contributed by atoms with Crippen LogP contribution in [0.4, 0.5) is 0 Å². The van der Waals surface area contributed by atoms with E-state index in [9.17, 15) is 4.79 Å². The molecule has 4 rings (SSSR count). The summed E-state index contributed by atoms with van der Waals surface area (Å²) in [5.41, 5.74) is 13.3. The molecule has 2 aliphatic rings. The topological polar surface area (TPSA) is 76.8 Å². The van der Waals surface area contributed by atoms with Gasteiger partial charge in [-0.25, -0.2) is 0 Å². The van der Waals surface area contributed by atoms with Crippen molar-refractivity contribution in [2.45, 2.75) is 44.7 Å². The molecule has 1 amide bonds. The molecule has 2 aliphatic heterocycles. The summed E-state index contributed by atoms with van der Waals surface area (Å²) in [6.07, 6.45) is 1.85. The Bertz CT molecular complexity index is 981. The Kier molecular flexibility index (Phi) is 7.70. The van der Waals surface area contributed by atoms with E-state index < -0.39 is 0 Å². The van der Waals surface area contributed by atoms with E-state index in [1.54, 1.807) is 14.2 Å². The summed E-state index contributed by atoms with van der Waals surface area (Å²) in [5, 5.41) is 2.58. The molecule has 3 atom stereocenters. The molecule has 1 saturated heterocycles. The second-order valence-corrected chi connectivity index (χ2v) is 8.79. The molecular formula is C25H34ClN3O3. The summed E-state index contributed by atoms with van der Waals surface area (Å²) in [6, 6.07) is 11.2. The number of rotatable bonds is 5. The number of fused-ring (bicyclic) bond motifs is 3. The molecule has 0 spiro atoms. The predicted octanol–water partition coefficient (Wildman–Crippen LogP) is 3.27. The molecule has 3 N–H and O–H groups in total. The first-order valence-electron chi connectivity index (χ1n) is 11.0. The first-order valence-corrected chi connectivity index (χ1v) is 11.0. The molecule has 0 bridgehead atoms. The molecular weight excluding hydrogens is 426 g/mol. The highest BCUT2D eigenvalue weighted by atomic mass is 35.5. The summed E-state index contributed by atoms with van der Waals surface area (Å²) in [6.45, 7) is 6.26. The van der Waals surface area contributed by atoms with E-state index in [4.69, 9.17) is 15.2 Å². The number of hydrogen-bond acceptors (Lipinski definition) is 5. The second kappa shape index (κ2) is 10.1. The zero-order valence-corrected chi connectivity index (χ0v) is 20.1. The van der Waals surface area contributed by atoms with E-state index in [1.165, 1.54) is 27.8 Å². The fourth-order valence-electron chi connectivity index (χ4n) is 5.04. The normalized spacial score (nSPS) is 22.2. The van der Waals surface area contributed by atoms with Gasteiger partial charge in [0.05, 0.1) is 7.11 Å². The Labute approximate surface area is 196 Å². The fraction of sp³-hybridized carbons (Fsp3) is 0.480. The molecule has 2 aromatic rings. The van der Waals surface area contributed by atoms with Crippen molar-refractivity contribution in [1.82, 2.24) is 10.2 Å². The minimum Gasteiger partial charge on any atom is -0.493 e. The van der Waals surface area contributed by atoms with Crippen molar-refractivity contribution in [1.29, 1.82) is 0 Å². The molecule has 3 unspecified atom stereocenters. The summed E-state index contributed by atoms with van der Waals surface area (Å²) >= 11 is 0.